The molecule has 96 valence electrons. The Hall–Kier alpha value is -0.710. The summed E-state index contributed by atoms with van der Waals surface area (Å²) in [6, 6.07) is 7.93. The zero-order valence-electron chi connectivity index (χ0n) is 10.6. The molecular weight excluding hydrogens is 234 g/mol. The van der Waals surface area contributed by atoms with Gasteiger partial charge in [-0.25, -0.2) is 0 Å². The maximum atomic E-state index is 9.91. The third-order valence-corrected chi connectivity index (χ3v) is 3.64. The number of rotatable bonds is 6. The van der Waals surface area contributed by atoms with Gasteiger partial charge in [-0.15, -0.1) is 11.8 Å². The van der Waals surface area contributed by atoms with Crippen LogP contribution < -0.4 is 10.5 Å². The molecule has 3 N–H and O–H groups in total. The van der Waals surface area contributed by atoms with Crippen LogP contribution in [0.4, 0.5) is 0 Å². The van der Waals surface area contributed by atoms with Gasteiger partial charge >= 0.3 is 0 Å². The van der Waals surface area contributed by atoms with Gasteiger partial charge in [0.05, 0.1) is 12.7 Å². The van der Waals surface area contributed by atoms with Crippen molar-refractivity contribution in [2.45, 2.75) is 36.0 Å². The summed E-state index contributed by atoms with van der Waals surface area (Å²) in [6.07, 6.45) is 0.672. The number of ether oxygens (including phenoxy) is 1. The van der Waals surface area contributed by atoms with Crippen molar-refractivity contribution >= 4 is 11.8 Å². The second-order valence-electron chi connectivity index (χ2n) is 4.51. The molecule has 1 rings (SSSR count). The Morgan fingerprint density at radius 3 is 2.82 bits per heavy atom. The largest absolute Gasteiger partial charge is 0.497 e. The van der Waals surface area contributed by atoms with Gasteiger partial charge in [0.2, 0.25) is 0 Å². The molecule has 2 unspecified atom stereocenters. The molecule has 0 radical (unpaired) electrons. The molecule has 0 saturated heterocycles. The predicted octanol–water partition coefficient (Wildman–Crippen LogP) is 2.28. The molecule has 0 aliphatic heterocycles. The minimum Gasteiger partial charge on any atom is -0.497 e. The summed E-state index contributed by atoms with van der Waals surface area (Å²) in [5, 5.41) is 10.2. The summed E-state index contributed by atoms with van der Waals surface area (Å²) < 4.78 is 5.18. The zero-order valence-corrected chi connectivity index (χ0v) is 11.5. The Balaban J connectivity index is 2.58. The van der Waals surface area contributed by atoms with Crippen LogP contribution in [-0.2, 0) is 0 Å². The zero-order chi connectivity index (χ0) is 12.9. The fourth-order valence-corrected chi connectivity index (χ4v) is 2.90. The Morgan fingerprint density at radius 2 is 2.24 bits per heavy atom. The SMILES string of the molecule is COc1cccc(SC(C)CC(C)(O)CN)c1. The van der Waals surface area contributed by atoms with Crippen molar-refractivity contribution in [3.05, 3.63) is 24.3 Å². The van der Waals surface area contributed by atoms with Crippen LogP contribution in [0.1, 0.15) is 20.3 Å². The van der Waals surface area contributed by atoms with E-state index in [1.165, 1.54) is 0 Å². The highest BCUT2D eigenvalue weighted by atomic mass is 32.2. The predicted molar refractivity (Wildman–Crippen MR) is 72.6 cm³/mol. The van der Waals surface area contributed by atoms with Crippen LogP contribution in [0.3, 0.4) is 0 Å². The molecule has 1 aromatic carbocycles. The number of nitrogens with two attached hydrogens (primary N) is 1. The molecule has 0 aromatic heterocycles. The van der Waals surface area contributed by atoms with Crippen LogP contribution in [0.15, 0.2) is 29.2 Å². The van der Waals surface area contributed by atoms with Crippen molar-refractivity contribution in [2.75, 3.05) is 13.7 Å². The molecule has 1 aromatic rings. The molecule has 0 amide bonds. The van der Waals surface area contributed by atoms with E-state index in [2.05, 4.69) is 6.92 Å². The van der Waals surface area contributed by atoms with Crippen molar-refractivity contribution in [3.63, 3.8) is 0 Å². The van der Waals surface area contributed by atoms with Gasteiger partial charge in [-0.3, -0.25) is 0 Å². The third-order valence-electron chi connectivity index (χ3n) is 2.55. The minimum atomic E-state index is -0.786. The molecule has 4 heteroatoms. The highest BCUT2D eigenvalue weighted by Gasteiger charge is 2.22. The van der Waals surface area contributed by atoms with Gasteiger partial charge < -0.3 is 15.6 Å². The normalized spacial score (nSPS) is 16.3. The summed E-state index contributed by atoms with van der Waals surface area (Å²) in [6.45, 7) is 4.15. The van der Waals surface area contributed by atoms with Gasteiger partial charge in [0.1, 0.15) is 5.75 Å². The van der Waals surface area contributed by atoms with Crippen LogP contribution in [0, 0.1) is 0 Å². The Morgan fingerprint density at radius 1 is 1.53 bits per heavy atom. The molecule has 0 saturated carbocycles. The van der Waals surface area contributed by atoms with Crippen LogP contribution in [0.2, 0.25) is 0 Å². The van der Waals surface area contributed by atoms with E-state index in [0.29, 0.717) is 11.7 Å². The van der Waals surface area contributed by atoms with Crippen LogP contribution >= 0.6 is 11.8 Å². The molecule has 17 heavy (non-hydrogen) atoms. The fraction of sp³-hybridized carbons (Fsp3) is 0.538. The van der Waals surface area contributed by atoms with Gasteiger partial charge in [0.25, 0.3) is 0 Å². The molecular formula is C13H21NO2S. The van der Waals surface area contributed by atoms with Crippen molar-refractivity contribution < 1.29 is 9.84 Å². The lowest BCUT2D eigenvalue weighted by Crippen LogP contribution is -2.36. The lowest BCUT2D eigenvalue weighted by molar-refractivity contribution is 0.0608. The summed E-state index contributed by atoms with van der Waals surface area (Å²) in [5.41, 5.74) is 4.73. The third kappa shape index (κ3) is 4.98. The van der Waals surface area contributed by atoms with E-state index in [1.54, 1.807) is 25.8 Å². The number of benzene rings is 1. The van der Waals surface area contributed by atoms with E-state index in [4.69, 9.17) is 10.5 Å². The first kappa shape index (κ1) is 14.4. The Bertz CT molecular complexity index is 355. The molecule has 0 aliphatic rings. The van der Waals surface area contributed by atoms with E-state index >= 15 is 0 Å². The maximum Gasteiger partial charge on any atom is 0.119 e. The maximum absolute atomic E-state index is 9.91. The number of hydrogen-bond donors (Lipinski definition) is 2. The minimum absolute atomic E-state index is 0.288. The molecule has 3 nitrogen and oxygen atoms in total. The highest BCUT2D eigenvalue weighted by molar-refractivity contribution is 7.99. The molecule has 0 heterocycles. The van der Waals surface area contributed by atoms with Gasteiger partial charge in [0, 0.05) is 16.7 Å². The lowest BCUT2D eigenvalue weighted by atomic mass is 10.0. The van der Waals surface area contributed by atoms with E-state index in [-0.39, 0.29) is 6.54 Å². The second kappa shape index (κ2) is 6.28. The number of thioether (sulfide) groups is 1. The van der Waals surface area contributed by atoms with E-state index in [9.17, 15) is 5.11 Å². The van der Waals surface area contributed by atoms with Crippen molar-refractivity contribution in [1.29, 1.82) is 0 Å². The van der Waals surface area contributed by atoms with Crippen molar-refractivity contribution in [3.8, 4) is 5.75 Å². The molecule has 0 spiro atoms. The first-order valence-corrected chi connectivity index (χ1v) is 6.58. The van der Waals surface area contributed by atoms with Gasteiger partial charge in [-0.1, -0.05) is 13.0 Å². The van der Waals surface area contributed by atoms with Crippen LogP contribution in [-0.4, -0.2) is 29.6 Å². The molecule has 0 aliphatic carbocycles. The average Bonchev–Trinajstić information content (AvgIpc) is 2.28. The first-order chi connectivity index (χ1) is 7.96. The topological polar surface area (TPSA) is 55.5 Å². The van der Waals surface area contributed by atoms with Crippen molar-refractivity contribution in [2.24, 2.45) is 5.73 Å². The Kier molecular flexibility index (Phi) is 5.31. The average molecular weight is 255 g/mol. The smallest absolute Gasteiger partial charge is 0.119 e. The number of methoxy groups -OCH3 is 1. The summed E-state index contributed by atoms with van der Waals surface area (Å²) >= 11 is 1.72. The number of hydrogen-bond acceptors (Lipinski definition) is 4. The van der Waals surface area contributed by atoms with Crippen LogP contribution in [0.5, 0.6) is 5.75 Å². The summed E-state index contributed by atoms with van der Waals surface area (Å²) in [4.78, 5) is 1.14. The second-order valence-corrected chi connectivity index (χ2v) is 6.02. The fourth-order valence-electron chi connectivity index (χ4n) is 1.65. The van der Waals surface area contributed by atoms with Gasteiger partial charge in [0.15, 0.2) is 0 Å². The molecule has 0 fully saturated rings. The van der Waals surface area contributed by atoms with E-state index in [1.807, 2.05) is 24.3 Å². The lowest BCUT2D eigenvalue weighted by Gasteiger charge is -2.24. The molecule has 2 atom stereocenters. The number of aliphatic hydroxyl groups is 1. The standard InChI is InChI=1S/C13H21NO2S/c1-10(8-13(2,15)9-14)17-12-6-4-5-11(7-12)16-3/h4-7,10,15H,8-9,14H2,1-3H3. The first-order valence-electron chi connectivity index (χ1n) is 5.70. The van der Waals surface area contributed by atoms with E-state index in [0.717, 1.165) is 10.6 Å². The summed E-state index contributed by atoms with van der Waals surface area (Å²) in [5.74, 6) is 0.854. The highest BCUT2D eigenvalue weighted by Crippen LogP contribution is 2.30. The van der Waals surface area contributed by atoms with Gasteiger partial charge in [-0.05, 0) is 31.5 Å². The van der Waals surface area contributed by atoms with E-state index < -0.39 is 5.60 Å². The quantitative estimate of drug-likeness (QED) is 0.766. The van der Waals surface area contributed by atoms with Gasteiger partial charge in [-0.2, -0.15) is 0 Å². The summed E-state index contributed by atoms with van der Waals surface area (Å²) in [7, 11) is 1.66. The Labute approximate surface area is 107 Å². The molecule has 0 bridgehead atoms. The monoisotopic (exact) mass is 255 g/mol. The van der Waals surface area contributed by atoms with Crippen LogP contribution in [0.25, 0.3) is 0 Å². The van der Waals surface area contributed by atoms with Crippen molar-refractivity contribution in [1.82, 2.24) is 0 Å².